The molecule has 0 saturated carbocycles. The van der Waals surface area contributed by atoms with Crippen molar-refractivity contribution >= 4 is 22.6 Å². The molecule has 7 nitrogen and oxygen atoms in total. The molecule has 2 amide bonds. The van der Waals surface area contributed by atoms with Gasteiger partial charge in [0.05, 0.1) is 26.5 Å². The lowest BCUT2D eigenvalue weighted by Gasteiger charge is -2.19. The van der Waals surface area contributed by atoms with Crippen LogP contribution in [0.1, 0.15) is 6.42 Å². The SMILES string of the molecule is COc1ccc(NC(=O)N2CCC(Oc3cccc4cccnc34)C2)c(OC)c1. The molecule has 3 aromatic rings. The van der Waals surface area contributed by atoms with Crippen molar-refractivity contribution in [1.82, 2.24) is 9.88 Å². The van der Waals surface area contributed by atoms with Gasteiger partial charge >= 0.3 is 6.03 Å². The number of fused-ring (bicyclic) bond motifs is 1. The largest absolute Gasteiger partial charge is 0.497 e. The highest BCUT2D eigenvalue weighted by Gasteiger charge is 2.28. The number of rotatable bonds is 5. The smallest absolute Gasteiger partial charge is 0.322 e. The number of ether oxygens (including phenoxy) is 3. The minimum atomic E-state index is -0.185. The van der Waals surface area contributed by atoms with E-state index >= 15 is 0 Å². The summed E-state index contributed by atoms with van der Waals surface area (Å²) < 4.78 is 16.7. The monoisotopic (exact) mass is 393 g/mol. The summed E-state index contributed by atoms with van der Waals surface area (Å²) in [5.74, 6) is 1.96. The molecule has 1 aliphatic heterocycles. The van der Waals surface area contributed by atoms with Crippen molar-refractivity contribution in [2.75, 3.05) is 32.6 Å². The molecule has 4 rings (SSSR count). The third kappa shape index (κ3) is 4.03. The number of para-hydroxylation sites is 1. The Balaban J connectivity index is 1.41. The molecule has 150 valence electrons. The molecule has 7 heteroatoms. The standard InChI is InChI=1S/C22H23N3O4/c1-27-16-8-9-18(20(13-16)28-2)24-22(26)25-12-10-17(14-25)29-19-7-3-5-15-6-4-11-23-21(15)19/h3-9,11,13,17H,10,12,14H2,1-2H3,(H,24,26). The Labute approximate surface area is 169 Å². The number of urea groups is 1. The fourth-order valence-electron chi connectivity index (χ4n) is 3.46. The number of benzene rings is 2. The number of amides is 2. The van der Waals surface area contributed by atoms with Crippen LogP contribution in [-0.4, -0.2) is 49.3 Å². The van der Waals surface area contributed by atoms with Gasteiger partial charge in [-0.25, -0.2) is 4.79 Å². The summed E-state index contributed by atoms with van der Waals surface area (Å²) in [7, 11) is 3.14. The van der Waals surface area contributed by atoms with E-state index in [-0.39, 0.29) is 12.1 Å². The second-order valence-corrected chi connectivity index (χ2v) is 6.80. The molecule has 0 bridgehead atoms. The van der Waals surface area contributed by atoms with E-state index in [0.717, 1.165) is 23.1 Å². The lowest BCUT2D eigenvalue weighted by atomic mass is 10.2. The number of carbonyl (C=O) groups excluding carboxylic acids is 1. The molecule has 29 heavy (non-hydrogen) atoms. The average molecular weight is 393 g/mol. The van der Waals surface area contributed by atoms with Crippen LogP contribution in [0.3, 0.4) is 0 Å². The fourth-order valence-corrected chi connectivity index (χ4v) is 3.46. The van der Waals surface area contributed by atoms with E-state index in [1.54, 1.807) is 43.5 Å². The Kier molecular flexibility index (Phi) is 5.37. The van der Waals surface area contributed by atoms with Crippen molar-refractivity contribution < 1.29 is 19.0 Å². The lowest BCUT2D eigenvalue weighted by Crippen LogP contribution is -2.34. The van der Waals surface area contributed by atoms with Gasteiger partial charge in [-0.15, -0.1) is 0 Å². The second-order valence-electron chi connectivity index (χ2n) is 6.80. The number of methoxy groups -OCH3 is 2. The Bertz CT molecular complexity index is 1020. The molecule has 1 fully saturated rings. The van der Waals surface area contributed by atoms with Crippen LogP contribution in [0.4, 0.5) is 10.5 Å². The third-order valence-corrected chi connectivity index (χ3v) is 4.97. The minimum Gasteiger partial charge on any atom is -0.497 e. The first-order valence-electron chi connectivity index (χ1n) is 9.46. The van der Waals surface area contributed by atoms with Crippen molar-refractivity contribution in [1.29, 1.82) is 0 Å². The number of nitrogens with zero attached hydrogens (tertiary/aromatic N) is 2. The summed E-state index contributed by atoms with van der Waals surface area (Å²) in [5.41, 5.74) is 1.43. The van der Waals surface area contributed by atoms with Gasteiger partial charge in [0.15, 0.2) is 0 Å². The van der Waals surface area contributed by atoms with Gasteiger partial charge < -0.3 is 24.4 Å². The van der Waals surface area contributed by atoms with Crippen LogP contribution in [0.2, 0.25) is 0 Å². The molecule has 1 N–H and O–H groups in total. The number of hydrogen-bond donors (Lipinski definition) is 1. The van der Waals surface area contributed by atoms with Crippen molar-refractivity contribution in [3.05, 3.63) is 54.7 Å². The number of anilines is 1. The molecular weight excluding hydrogens is 370 g/mol. The highest BCUT2D eigenvalue weighted by atomic mass is 16.5. The summed E-state index contributed by atoms with van der Waals surface area (Å²) in [6.07, 6.45) is 2.44. The summed E-state index contributed by atoms with van der Waals surface area (Å²) in [6, 6.07) is 14.9. The Hall–Kier alpha value is -3.48. The van der Waals surface area contributed by atoms with E-state index in [1.807, 2.05) is 30.3 Å². The summed E-state index contributed by atoms with van der Waals surface area (Å²) in [6.45, 7) is 1.13. The van der Waals surface area contributed by atoms with Crippen LogP contribution in [0.15, 0.2) is 54.7 Å². The normalized spacial score (nSPS) is 15.9. The van der Waals surface area contributed by atoms with Crippen LogP contribution in [0.25, 0.3) is 10.9 Å². The Morgan fingerprint density at radius 2 is 1.97 bits per heavy atom. The zero-order valence-electron chi connectivity index (χ0n) is 16.4. The predicted octanol–water partition coefficient (Wildman–Crippen LogP) is 3.94. The van der Waals surface area contributed by atoms with Crippen molar-refractivity contribution in [3.8, 4) is 17.2 Å². The molecule has 2 heterocycles. The van der Waals surface area contributed by atoms with Crippen molar-refractivity contribution in [3.63, 3.8) is 0 Å². The first kappa shape index (κ1) is 18.9. The summed E-state index contributed by atoms with van der Waals surface area (Å²) in [4.78, 5) is 18.9. The van der Waals surface area contributed by atoms with E-state index in [2.05, 4.69) is 10.3 Å². The van der Waals surface area contributed by atoms with Crippen LogP contribution in [0.5, 0.6) is 17.2 Å². The molecule has 1 unspecified atom stereocenters. The maximum Gasteiger partial charge on any atom is 0.322 e. The molecule has 1 saturated heterocycles. The first-order valence-corrected chi connectivity index (χ1v) is 9.46. The van der Waals surface area contributed by atoms with Crippen LogP contribution in [-0.2, 0) is 0 Å². The van der Waals surface area contributed by atoms with E-state index in [9.17, 15) is 4.79 Å². The Morgan fingerprint density at radius 3 is 2.79 bits per heavy atom. The van der Waals surface area contributed by atoms with Crippen molar-refractivity contribution in [2.24, 2.45) is 0 Å². The average Bonchev–Trinajstić information content (AvgIpc) is 3.23. The van der Waals surface area contributed by atoms with Gasteiger partial charge in [0.25, 0.3) is 0 Å². The van der Waals surface area contributed by atoms with Crippen LogP contribution in [0, 0.1) is 0 Å². The molecule has 0 spiro atoms. The van der Waals surface area contributed by atoms with Crippen molar-refractivity contribution in [2.45, 2.75) is 12.5 Å². The highest BCUT2D eigenvalue weighted by Crippen LogP contribution is 2.30. The number of likely N-dealkylation sites (tertiary alicyclic amines) is 1. The molecule has 0 radical (unpaired) electrons. The molecule has 1 aromatic heterocycles. The zero-order chi connectivity index (χ0) is 20.2. The predicted molar refractivity (Wildman–Crippen MR) is 111 cm³/mol. The van der Waals surface area contributed by atoms with Gasteiger partial charge in [0.2, 0.25) is 0 Å². The van der Waals surface area contributed by atoms with Gasteiger partial charge in [0, 0.05) is 30.6 Å². The van der Waals surface area contributed by atoms with E-state index < -0.39 is 0 Å². The van der Waals surface area contributed by atoms with E-state index in [4.69, 9.17) is 14.2 Å². The number of nitrogens with one attached hydrogen (secondary N) is 1. The van der Waals surface area contributed by atoms with Gasteiger partial charge in [-0.2, -0.15) is 0 Å². The molecule has 1 aliphatic rings. The first-order chi connectivity index (χ1) is 14.2. The van der Waals surface area contributed by atoms with Gasteiger partial charge in [-0.05, 0) is 24.3 Å². The maximum atomic E-state index is 12.7. The van der Waals surface area contributed by atoms with E-state index in [0.29, 0.717) is 30.3 Å². The number of aromatic nitrogens is 1. The van der Waals surface area contributed by atoms with Gasteiger partial charge in [-0.1, -0.05) is 18.2 Å². The Morgan fingerprint density at radius 1 is 1.10 bits per heavy atom. The molecular formula is C22H23N3O4. The minimum absolute atomic E-state index is 0.0777. The number of carbonyl (C=O) groups is 1. The molecule has 1 atom stereocenters. The lowest BCUT2D eigenvalue weighted by molar-refractivity contribution is 0.196. The molecule has 2 aromatic carbocycles. The third-order valence-electron chi connectivity index (χ3n) is 4.97. The second kappa shape index (κ2) is 8.26. The van der Waals surface area contributed by atoms with Gasteiger partial charge in [-0.3, -0.25) is 4.98 Å². The van der Waals surface area contributed by atoms with Gasteiger partial charge in [0.1, 0.15) is 28.9 Å². The van der Waals surface area contributed by atoms with Crippen LogP contribution >= 0.6 is 0 Å². The van der Waals surface area contributed by atoms with E-state index in [1.165, 1.54) is 0 Å². The molecule has 0 aliphatic carbocycles. The maximum absolute atomic E-state index is 12.7. The summed E-state index contributed by atoms with van der Waals surface area (Å²) in [5, 5.41) is 3.94. The number of pyridine rings is 1. The number of hydrogen-bond acceptors (Lipinski definition) is 5. The summed E-state index contributed by atoms with van der Waals surface area (Å²) >= 11 is 0. The highest BCUT2D eigenvalue weighted by molar-refractivity contribution is 5.91. The zero-order valence-corrected chi connectivity index (χ0v) is 16.4. The van der Waals surface area contributed by atoms with Crippen LogP contribution < -0.4 is 19.5 Å². The quantitative estimate of drug-likeness (QED) is 0.711. The fraction of sp³-hybridized carbons (Fsp3) is 0.273. The topological polar surface area (TPSA) is 72.9 Å².